The minimum absolute atomic E-state index is 0.692. The van der Waals surface area contributed by atoms with Gasteiger partial charge in [0, 0.05) is 0 Å². The SMILES string of the molecule is CC(C)[CH2][Ti]([NH2])[Cl]. The van der Waals surface area contributed by atoms with E-state index in [9.17, 15) is 0 Å². The van der Waals surface area contributed by atoms with Gasteiger partial charge in [0.05, 0.1) is 0 Å². The molecule has 43 valence electrons. The second-order valence-corrected chi connectivity index (χ2v) is 6.08. The Bertz CT molecular complexity index is 41.0. The minimum atomic E-state index is -1.48. The van der Waals surface area contributed by atoms with E-state index in [4.69, 9.17) is 13.5 Å². The summed E-state index contributed by atoms with van der Waals surface area (Å²) >= 11 is -1.48. The van der Waals surface area contributed by atoms with E-state index in [1.807, 2.05) is 0 Å². The van der Waals surface area contributed by atoms with Crippen molar-refractivity contribution in [3.8, 4) is 0 Å². The third-order valence-corrected chi connectivity index (χ3v) is 3.12. The van der Waals surface area contributed by atoms with E-state index in [2.05, 4.69) is 13.8 Å². The van der Waals surface area contributed by atoms with Crippen LogP contribution in [0.15, 0.2) is 0 Å². The Balaban J connectivity index is 2.95. The molecule has 0 fully saturated rings. The summed E-state index contributed by atoms with van der Waals surface area (Å²) < 4.78 is 6.50. The maximum atomic E-state index is 5.62. The van der Waals surface area contributed by atoms with Gasteiger partial charge in [0.1, 0.15) is 0 Å². The second kappa shape index (κ2) is 3.91. The molecule has 0 spiro atoms. The van der Waals surface area contributed by atoms with Crippen LogP contribution in [0, 0.1) is 5.92 Å². The van der Waals surface area contributed by atoms with Gasteiger partial charge in [-0.1, -0.05) is 0 Å². The fourth-order valence-electron chi connectivity index (χ4n) is 0.390. The molecule has 1 nitrogen and oxygen atoms in total. The van der Waals surface area contributed by atoms with E-state index in [0.29, 0.717) is 5.92 Å². The first-order valence-electron chi connectivity index (χ1n) is 2.39. The van der Waals surface area contributed by atoms with Gasteiger partial charge in [0.2, 0.25) is 0 Å². The Morgan fingerprint density at radius 3 is 2.14 bits per heavy atom. The molecule has 0 aromatic carbocycles. The molecule has 0 saturated carbocycles. The number of hydrogen-bond acceptors (Lipinski definition) is 1. The van der Waals surface area contributed by atoms with Gasteiger partial charge in [-0.15, -0.1) is 0 Å². The molecule has 0 unspecified atom stereocenters. The molecule has 0 saturated heterocycles. The zero-order valence-corrected chi connectivity index (χ0v) is 7.06. The van der Waals surface area contributed by atoms with Gasteiger partial charge in [-0.2, -0.15) is 0 Å². The van der Waals surface area contributed by atoms with Gasteiger partial charge >= 0.3 is 55.1 Å². The molecular weight excluding hydrogens is 145 g/mol. The van der Waals surface area contributed by atoms with Gasteiger partial charge < -0.3 is 0 Å². The van der Waals surface area contributed by atoms with E-state index >= 15 is 0 Å². The molecular formula is C4H11ClNTi. The Hall–Kier alpha value is 0.964. The van der Waals surface area contributed by atoms with Crippen LogP contribution in [0.5, 0.6) is 0 Å². The molecule has 0 rings (SSSR count). The summed E-state index contributed by atoms with van der Waals surface area (Å²) in [4.78, 5) is 0. The normalized spacial score (nSPS) is 9.86. The molecule has 0 aliphatic rings. The molecule has 0 amide bonds. The van der Waals surface area contributed by atoms with Crippen LogP contribution in [-0.2, 0) is 17.1 Å². The summed E-state index contributed by atoms with van der Waals surface area (Å²) in [5.41, 5.74) is 0. The summed E-state index contributed by atoms with van der Waals surface area (Å²) in [5, 5.41) is 0. The average Bonchev–Trinajstić information content (AvgIpc) is 1.27. The molecule has 0 atom stereocenters. The molecule has 3 heteroatoms. The van der Waals surface area contributed by atoms with E-state index in [1.165, 1.54) is 0 Å². The van der Waals surface area contributed by atoms with Gasteiger partial charge in [-0.3, -0.25) is 0 Å². The van der Waals surface area contributed by atoms with Gasteiger partial charge in [-0.05, 0) is 0 Å². The molecule has 0 aliphatic carbocycles. The van der Waals surface area contributed by atoms with Crippen molar-refractivity contribution in [2.45, 2.75) is 18.6 Å². The quantitative estimate of drug-likeness (QED) is 0.605. The fraction of sp³-hybridized carbons (Fsp3) is 1.00. The van der Waals surface area contributed by atoms with Crippen LogP contribution < -0.4 is 4.22 Å². The zero-order chi connectivity index (χ0) is 5.86. The second-order valence-electron chi connectivity index (χ2n) is 2.04. The van der Waals surface area contributed by atoms with Crippen LogP contribution in [0.1, 0.15) is 13.8 Å². The number of rotatable bonds is 2. The fourth-order valence-corrected chi connectivity index (χ4v) is 2.88. The van der Waals surface area contributed by atoms with Crippen LogP contribution in [0.2, 0.25) is 4.73 Å². The Kier molecular flexibility index (Phi) is 4.44. The third-order valence-electron chi connectivity index (χ3n) is 0.603. The van der Waals surface area contributed by atoms with Crippen molar-refractivity contribution in [2.75, 3.05) is 0 Å². The maximum absolute atomic E-state index is 5.62. The number of hydrogen-bond donors (Lipinski definition) is 1. The Morgan fingerprint density at radius 2 is 2.14 bits per heavy atom. The molecule has 0 heterocycles. The first-order chi connectivity index (χ1) is 3.13. The Morgan fingerprint density at radius 1 is 1.71 bits per heavy atom. The molecule has 2 N–H and O–H groups in total. The molecule has 0 aliphatic heterocycles. The van der Waals surface area contributed by atoms with E-state index < -0.39 is 17.1 Å². The van der Waals surface area contributed by atoms with E-state index in [1.54, 1.807) is 0 Å². The first-order valence-corrected chi connectivity index (χ1v) is 6.55. The number of nitrogens with two attached hydrogens (primary N) is 1. The summed E-state index contributed by atoms with van der Waals surface area (Å²) in [6.45, 7) is 4.28. The van der Waals surface area contributed by atoms with Crippen molar-refractivity contribution in [2.24, 2.45) is 10.1 Å². The van der Waals surface area contributed by atoms with Crippen molar-refractivity contribution in [3.05, 3.63) is 0 Å². The Labute approximate surface area is 55.2 Å². The zero-order valence-electron chi connectivity index (χ0n) is 4.74. The van der Waals surface area contributed by atoms with Crippen molar-refractivity contribution in [3.63, 3.8) is 0 Å². The average molecular weight is 156 g/mol. The summed E-state index contributed by atoms with van der Waals surface area (Å²) in [5.74, 6) is 0.692. The molecule has 7 heavy (non-hydrogen) atoms. The third kappa shape index (κ3) is 6.96. The van der Waals surface area contributed by atoms with Gasteiger partial charge in [0.25, 0.3) is 0 Å². The summed E-state index contributed by atoms with van der Waals surface area (Å²) in [7, 11) is 5.62. The predicted octanol–water partition coefficient (Wildman–Crippen LogP) is 1.71. The van der Waals surface area contributed by atoms with Crippen LogP contribution in [0.25, 0.3) is 0 Å². The van der Waals surface area contributed by atoms with Crippen molar-refractivity contribution in [1.29, 1.82) is 0 Å². The van der Waals surface area contributed by atoms with Crippen molar-refractivity contribution in [1.82, 2.24) is 0 Å². The van der Waals surface area contributed by atoms with Gasteiger partial charge in [-0.25, -0.2) is 0 Å². The molecule has 0 aromatic heterocycles. The van der Waals surface area contributed by atoms with Crippen molar-refractivity contribution >= 4 is 9.30 Å². The number of halogens is 1. The van der Waals surface area contributed by atoms with Crippen LogP contribution >= 0.6 is 9.30 Å². The summed E-state index contributed by atoms with van der Waals surface area (Å²) in [6.07, 6.45) is 0. The monoisotopic (exact) mass is 156 g/mol. The molecule has 0 aromatic rings. The standard InChI is InChI=1S/C4H9.ClH.H2N.Ti/c1-4(2)3;;;/h4H,1H2,2-3H3;1H;1H2;/q;;-1;+2/p-1. The predicted molar refractivity (Wildman–Crippen MR) is 29.7 cm³/mol. The van der Waals surface area contributed by atoms with Crippen LogP contribution in [-0.4, -0.2) is 0 Å². The van der Waals surface area contributed by atoms with Crippen LogP contribution in [0.3, 0.4) is 0 Å². The molecule has 0 bridgehead atoms. The topological polar surface area (TPSA) is 26.0 Å². The van der Waals surface area contributed by atoms with Crippen molar-refractivity contribution < 1.29 is 17.1 Å². The van der Waals surface area contributed by atoms with E-state index in [-0.39, 0.29) is 0 Å². The molecule has 0 radical (unpaired) electrons. The van der Waals surface area contributed by atoms with Gasteiger partial charge in [0.15, 0.2) is 0 Å². The summed E-state index contributed by atoms with van der Waals surface area (Å²) in [6, 6.07) is 0. The van der Waals surface area contributed by atoms with Crippen LogP contribution in [0.4, 0.5) is 0 Å². The van der Waals surface area contributed by atoms with E-state index in [0.717, 1.165) is 4.73 Å². The first kappa shape index (κ1) is 7.96.